The fraction of sp³-hybridized carbons (Fsp3) is 0.423. The van der Waals surface area contributed by atoms with E-state index in [1.165, 1.54) is 6.07 Å². The number of aliphatic carboxylic acids is 1. The van der Waals surface area contributed by atoms with Gasteiger partial charge in [-0.05, 0) is 69.5 Å². The highest BCUT2D eigenvalue weighted by atomic mass is 35.5. The van der Waals surface area contributed by atoms with E-state index >= 15 is 0 Å². The second-order valence-electron chi connectivity index (χ2n) is 9.66. The number of carbonyl (C=O) groups is 1. The summed E-state index contributed by atoms with van der Waals surface area (Å²) in [7, 11) is 0. The molecule has 0 amide bonds. The summed E-state index contributed by atoms with van der Waals surface area (Å²) in [6.07, 6.45) is 2.73. The highest BCUT2D eigenvalue weighted by Crippen LogP contribution is 2.39. The van der Waals surface area contributed by atoms with Crippen molar-refractivity contribution in [3.05, 3.63) is 69.4 Å². The van der Waals surface area contributed by atoms with E-state index < -0.39 is 23.0 Å². The molecule has 1 aromatic carbocycles. The number of halogens is 3. The Kier molecular flexibility index (Phi) is 7.24. The Balaban J connectivity index is 1.53. The number of anilines is 1. The van der Waals surface area contributed by atoms with Gasteiger partial charge in [0.2, 0.25) is 0 Å². The van der Waals surface area contributed by atoms with Crippen molar-refractivity contribution in [3.8, 4) is 0 Å². The Labute approximate surface area is 208 Å². The summed E-state index contributed by atoms with van der Waals surface area (Å²) in [5.41, 5.74) is 1.38. The van der Waals surface area contributed by atoms with Crippen molar-refractivity contribution < 1.29 is 18.7 Å². The number of hydrogen-bond acceptors (Lipinski definition) is 5. The van der Waals surface area contributed by atoms with Crippen LogP contribution in [0.15, 0.2) is 40.9 Å². The number of rotatable bonds is 6. The van der Waals surface area contributed by atoms with Gasteiger partial charge in [-0.1, -0.05) is 23.7 Å². The molecule has 35 heavy (non-hydrogen) atoms. The van der Waals surface area contributed by atoms with Crippen LogP contribution in [0, 0.1) is 24.0 Å². The van der Waals surface area contributed by atoms with E-state index in [1.54, 1.807) is 25.1 Å². The lowest BCUT2D eigenvalue weighted by atomic mass is 9.72. The van der Waals surface area contributed by atoms with Crippen LogP contribution in [0.5, 0.6) is 0 Å². The van der Waals surface area contributed by atoms with Gasteiger partial charge in [-0.25, -0.2) is 13.8 Å². The van der Waals surface area contributed by atoms with E-state index in [9.17, 15) is 18.7 Å². The molecular weight excluding hydrogens is 474 g/mol. The van der Waals surface area contributed by atoms with Crippen molar-refractivity contribution in [2.45, 2.75) is 52.6 Å². The number of aryl methyl sites for hydroxylation is 1. The summed E-state index contributed by atoms with van der Waals surface area (Å²) in [6.45, 7) is 6.91. The predicted molar refractivity (Wildman–Crippen MR) is 133 cm³/mol. The van der Waals surface area contributed by atoms with Crippen LogP contribution in [0.1, 0.15) is 43.5 Å². The van der Waals surface area contributed by atoms with Crippen LogP contribution in [0.3, 0.4) is 0 Å². The monoisotopic (exact) mass is 502 g/mol. The average Bonchev–Trinajstić information content (AvgIpc) is 3.21. The van der Waals surface area contributed by atoms with Gasteiger partial charge in [0.1, 0.15) is 11.7 Å². The quantitative estimate of drug-likeness (QED) is 0.553. The van der Waals surface area contributed by atoms with Crippen LogP contribution in [0.4, 0.5) is 14.6 Å². The summed E-state index contributed by atoms with van der Waals surface area (Å²) >= 11 is 5.92. The SMILES string of the molecule is CC1=CC(Nc2nc(C[C@@]3(C(=O)O)CCN(Cc4cccc(Cl)c4F)[C@H](C)C3)cc(C)c2F)=NC1. The summed E-state index contributed by atoms with van der Waals surface area (Å²) in [4.78, 5) is 23.3. The predicted octanol–water partition coefficient (Wildman–Crippen LogP) is 5.39. The molecule has 2 atom stereocenters. The van der Waals surface area contributed by atoms with E-state index in [-0.39, 0.29) is 23.3 Å². The molecule has 3 heterocycles. The molecule has 1 fully saturated rings. The fourth-order valence-corrected chi connectivity index (χ4v) is 5.10. The molecule has 9 heteroatoms. The largest absolute Gasteiger partial charge is 0.481 e. The first kappa shape index (κ1) is 25.3. The number of hydrogen-bond donors (Lipinski definition) is 2. The lowest BCUT2D eigenvalue weighted by Crippen LogP contribution is -2.49. The maximum Gasteiger partial charge on any atom is 0.310 e. The van der Waals surface area contributed by atoms with Crippen molar-refractivity contribution >= 4 is 29.2 Å². The molecule has 1 aromatic heterocycles. The number of piperidine rings is 1. The highest BCUT2D eigenvalue weighted by Gasteiger charge is 2.45. The normalized spacial score (nSPS) is 22.6. The molecule has 2 aliphatic rings. The Bertz CT molecular complexity index is 1220. The molecule has 2 aromatic rings. The lowest BCUT2D eigenvalue weighted by molar-refractivity contribution is -0.153. The molecule has 2 N–H and O–H groups in total. The standard InChI is InChI=1S/C26H29ClF2N4O2/c1-15-9-21(30-13-15)32-24-22(28)16(2)10-19(31-24)12-26(25(34)35)7-8-33(17(3)11-26)14-18-5-4-6-20(27)23(18)29/h4-6,9-10,17H,7-8,11-14H2,1-3H3,(H,34,35)(H,30,31,32)/t17-,26-/m1/s1. The van der Waals surface area contributed by atoms with E-state index in [4.69, 9.17) is 11.6 Å². The number of aromatic nitrogens is 1. The summed E-state index contributed by atoms with van der Waals surface area (Å²) < 4.78 is 29.2. The van der Waals surface area contributed by atoms with Gasteiger partial charge >= 0.3 is 5.97 Å². The zero-order chi connectivity index (χ0) is 25.3. The molecule has 6 nitrogen and oxygen atoms in total. The van der Waals surface area contributed by atoms with Gasteiger partial charge in [0.15, 0.2) is 11.6 Å². The van der Waals surface area contributed by atoms with Crippen LogP contribution >= 0.6 is 11.6 Å². The van der Waals surface area contributed by atoms with Crippen LogP contribution in [-0.4, -0.2) is 45.9 Å². The minimum atomic E-state index is -1.06. The molecule has 0 unspecified atom stereocenters. The Morgan fingerprint density at radius 2 is 2.09 bits per heavy atom. The summed E-state index contributed by atoms with van der Waals surface area (Å²) in [5, 5.41) is 13.2. The van der Waals surface area contributed by atoms with E-state index in [0.717, 1.165) is 5.57 Å². The van der Waals surface area contributed by atoms with E-state index in [1.807, 2.05) is 19.9 Å². The molecule has 0 spiro atoms. The Morgan fingerprint density at radius 1 is 1.31 bits per heavy atom. The maximum absolute atomic E-state index is 14.8. The zero-order valence-corrected chi connectivity index (χ0v) is 20.8. The Morgan fingerprint density at radius 3 is 2.74 bits per heavy atom. The topological polar surface area (TPSA) is 77.8 Å². The van der Waals surface area contributed by atoms with Gasteiger partial charge in [0.25, 0.3) is 0 Å². The van der Waals surface area contributed by atoms with Gasteiger partial charge < -0.3 is 10.4 Å². The number of likely N-dealkylation sites (tertiary alicyclic amines) is 1. The average molecular weight is 503 g/mol. The number of carboxylic acid groups (broad SMARTS) is 1. The summed E-state index contributed by atoms with van der Waals surface area (Å²) in [5.74, 6) is -1.25. The minimum Gasteiger partial charge on any atom is -0.481 e. The van der Waals surface area contributed by atoms with Crippen molar-refractivity contribution in [3.63, 3.8) is 0 Å². The number of nitrogens with zero attached hydrogens (tertiary/aromatic N) is 3. The third kappa shape index (κ3) is 5.38. The molecule has 0 radical (unpaired) electrons. The first-order valence-corrected chi connectivity index (χ1v) is 12.0. The number of pyridine rings is 1. The van der Waals surface area contributed by atoms with Crippen LogP contribution in [-0.2, 0) is 17.8 Å². The second-order valence-corrected chi connectivity index (χ2v) is 10.1. The van der Waals surface area contributed by atoms with Gasteiger partial charge in [0.05, 0.1) is 17.0 Å². The van der Waals surface area contributed by atoms with Crippen molar-refractivity contribution in [2.24, 2.45) is 10.4 Å². The number of nitrogens with one attached hydrogen (secondary N) is 1. The Hall–Kier alpha value is -2.84. The maximum atomic E-state index is 14.8. The number of benzene rings is 1. The van der Waals surface area contributed by atoms with Gasteiger partial charge in [-0.15, -0.1) is 0 Å². The molecule has 1 saturated heterocycles. The smallest absolute Gasteiger partial charge is 0.310 e. The fourth-order valence-electron chi connectivity index (χ4n) is 4.91. The van der Waals surface area contributed by atoms with Gasteiger partial charge in [-0.3, -0.25) is 14.7 Å². The van der Waals surface area contributed by atoms with Gasteiger partial charge in [-0.2, -0.15) is 0 Å². The molecular formula is C26H29ClF2N4O2. The van der Waals surface area contributed by atoms with Crippen LogP contribution in [0.2, 0.25) is 5.02 Å². The molecule has 186 valence electrons. The van der Waals surface area contributed by atoms with E-state index in [0.29, 0.717) is 55.1 Å². The first-order chi connectivity index (χ1) is 16.6. The molecule has 0 saturated carbocycles. The minimum absolute atomic E-state index is 0.0483. The number of carboxylic acids is 1. The third-order valence-corrected chi connectivity index (χ3v) is 7.18. The molecule has 4 rings (SSSR count). The van der Waals surface area contributed by atoms with Crippen molar-refractivity contribution in [1.82, 2.24) is 9.88 Å². The molecule has 2 aliphatic heterocycles. The third-order valence-electron chi connectivity index (χ3n) is 6.89. The van der Waals surface area contributed by atoms with Crippen LogP contribution < -0.4 is 5.32 Å². The van der Waals surface area contributed by atoms with Crippen LogP contribution in [0.25, 0.3) is 0 Å². The first-order valence-electron chi connectivity index (χ1n) is 11.6. The number of aliphatic imine (C=N–C) groups is 1. The van der Waals surface area contributed by atoms with Crippen molar-refractivity contribution in [1.29, 1.82) is 0 Å². The lowest BCUT2D eigenvalue weighted by Gasteiger charge is -2.43. The summed E-state index contributed by atoms with van der Waals surface area (Å²) in [6, 6.07) is 6.41. The van der Waals surface area contributed by atoms with Crippen molar-refractivity contribution in [2.75, 3.05) is 18.4 Å². The second kappa shape index (κ2) is 10.0. The number of amidine groups is 1. The molecule has 0 aliphatic carbocycles. The van der Waals surface area contributed by atoms with Gasteiger partial charge in [0, 0.05) is 30.3 Å². The zero-order valence-electron chi connectivity index (χ0n) is 20.0. The highest BCUT2D eigenvalue weighted by molar-refractivity contribution is 6.30. The molecule has 0 bridgehead atoms. The van der Waals surface area contributed by atoms with E-state index in [2.05, 4.69) is 20.2 Å².